The predicted molar refractivity (Wildman–Crippen MR) is 87.4 cm³/mol. The Balaban J connectivity index is 2.11. The van der Waals surface area contributed by atoms with Gasteiger partial charge in [-0.15, -0.1) is 0 Å². The summed E-state index contributed by atoms with van der Waals surface area (Å²) in [5.41, 5.74) is 1.30. The quantitative estimate of drug-likeness (QED) is 0.862. The number of hydrogen-bond acceptors (Lipinski definition) is 5. The normalized spacial score (nSPS) is 11.5. The fourth-order valence-electron chi connectivity index (χ4n) is 2.11. The molecule has 1 aromatic carbocycles. The third-order valence-electron chi connectivity index (χ3n) is 3.49. The second-order valence-corrected chi connectivity index (χ2v) is 5.20. The summed E-state index contributed by atoms with van der Waals surface area (Å²) < 4.78 is 6.12. The Bertz CT molecular complexity index is 806. The van der Waals surface area contributed by atoms with Crippen molar-refractivity contribution in [3.8, 4) is 6.07 Å². The molecule has 0 radical (unpaired) electrons. The molecule has 7 heteroatoms. The molecule has 0 spiro atoms. The Morgan fingerprint density at radius 1 is 1.33 bits per heavy atom. The Kier molecular flexibility index (Phi) is 5.82. The summed E-state index contributed by atoms with van der Waals surface area (Å²) in [6.07, 6.45) is 0. The van der Waals surface area contributed by atoms with Gasteiger partial charge in [-0.25, -0.2) is 4.68 Å². The molecule has 0 aliphatic rings. The highest BCUT2D eigenvalue weighted by atomic mass is 16.5. The summed E-state index contributed by atoms with van der Waals surface area (Å²) in [6.45, 7) is 2.45. The first kappa shape index (κ1) is 17.4. The Hall–Kier alpha value is -2.98. The van der Waals surface area contributed by atoms with Gasteiger partial charge in [-0.3, -0.25) is 9.59 Å². The predicted octanol–water partition coefficient (Wildman–Crippen LogP) is 1.25. The van der Waals surface area contributed by atoms with Crippen LogP contribution < -0.4 is 10.9 Å². The van der Waals surface area contributed by atoms with Crippen molar-refractivity contribution < 1.29 is 9.53 Å². The van der Waals surface area contributed by atoms with Crippen LogP contribution in [0.15, 0.2) is 41.2 Å². The molecule has 1 N–H and O–H groups in total. The lowest BCUT2D eigenvalue weighted by atomic mass is 10.1. The monoisotopic (exact) mass is 326 g/mol. The smallest absolute Gasteiger partial charge is 0.272 e. The van der Waals surface area contributed by atoms with E-state index in [4.69, 9.17) is 10.00 Å². The highest BCUT2D eigenvalue weighted by Crippen LogP contribution is 2.13. The number of benzene rings is 1. The van der Waals surface area contributed by atoms with Crippen LogP contribution in [0.4, 0.5) is 0 Å². The number of carbonyl (C=O) groups excluding carboxylic acids is 1. The zero-order valence-electron chi connectivity index (χ0n) is 13.5. The molecule has 124 valence electrons. The molecule has 2 aromatic rings. The van der Waals surface area contributed by atoms with Gasteiger partial charge in [0.15, 0.2) is 0 Å². The number of hydrogen-bond donors (Lipinski definition) is 1. The molecule has 0 bridgehead atoms. The number of amides is 1. The van der Waals surface area contributed by atoms with Gasteiger partial charge in [0.25, 0.3) is 11.5 Å². The van der Waals surface area contributed by atoms with Crippen molar-refractivity contribution in [2.75, 3.05) is 13.7 Å². The zero-order chi connectivity index (χ0) is 17.5. The minimum absolute atomic E-state index is 0.159. The molecule has 1 aromatic heterocycles. The fourth-order valence-corrected chi connectivity index (χ4v) is 2.11. The van der Waals surface area contributed by atoms with Gasteiger partial charge in [0.1, 0.15) is 5.69 Å². The minimum atomic E-state index is -0.377. The van der Waals surface area contributed by atoms with Crippen LogP contribution in [0.25, 0.3) is 0 Å². The van der Waals surface area contributed by atoms with E-state index in [-0.39, 0.29) is 29.7 Å². The second kappa shape index (κ2) is 8.04. The molecule has 1 unspecified atom stereocenters. The number of nitriles is 1. The van der Waals surface area contributed by atoms with E-state index < -0.39 is 0 Å². The molecule has 0 fully saturated rings. The van der Waals surface area contributed by atoms with Gasteiger partial charge in [0, 0.05) is 13.2 Å². The van der Waals surface area contributed by atoms with Crippen molar-refractivity contribution in [2.24, 2.45) is 0 Å². The number of ether oxygens (including phenoxy) is 1. The van der Waals surface area contributed by atoms with Gasteiger partial charge in [-0.2, -0.15) is 10.4 Å². The summed E-state index contributed by atoms with van der Waals surface area (Å²) >= 11 is 0. The highest BCUT2D eigenvalue weighted by Gasteiger charge is 2.14. The SMILES string of the molecule is COCCn1nc(C(=O)NC(C)c2ccc(C#N)cc2)ccc1=O. The number of carbonyl (C=O) groups is 1. The van der Waals surface area contributed by atoms with E-state index in [1.165, 1.54) is 23.9 Å². The maximum absolute atomic E-state index is 12.3. The van der Waals surface area contributed by atoms with Gasteiger partial charge in [-0.05, 0) is 30.7 Å². The third kappa shape index (κ3) is 4.27. The van der Waals surface area contributed by atoms with Crippen LogP contribution in [0, 0.1) is 11.3 Å². The lowest BCUT2D eigenvalue weighted by Gasteiger charge is -2.14. The molecule has 0 saturated heterocycles. The van der Waals surface area contributed by atoms with Gasteiger partial charge in [0.2, 0.25) is 0 Å². The van der Waals surface area contributed by atoms with E-state index in [1.807, 2.05) is 13.0 Å². The molecule has 0 aliphatic carbocycles. The molecular weight excluding hydrogens is 308 g/mol. The minimum Gasteiger partial charge on any atom is -0.383 e. The van der Waals surface area contributed by atoms with Crippen molar-refractivity contribution in [2.45, 2.75) is 19.5 Å². The van der Waals surface area contributed by atoms with Crippen LogP contribution in [0.2, 0.25) is 0 Å². The van der Waals surface area contributed by atoms with Crippen LogP contribution in [-0.2, 0) is 11.3 Å². The van der Waals surface area contributed by atoms with E-state index in [9.17, 15) is 9.59 Å². The van der Waals surface area contributed by atoms with Crippen molar-refractivity contribution in [3.05, 3.63) is 63.6 Å². The largest absolute Gasteiger partial charge is 0.383 e. The lowest BCUT2D eigenvalue weighted by Crippen LogP contribution is -2.31. The molecule has 1 amide bonds. The van der Waals surface area contributed by atoms with E-state index >= 15 is 0 Å². The standard InChI is InChI=1S/C17H18N4O3/c1-12(14-5-3-13(11-18)4-6-14)19-17(23)15-7-8-16(22)21(20-15)9-10-24-2/h3-8,12H,9-10H2,1-2H3,(H,19,23). The van der Waals surface area contributed by atoms with E-state index in [1.54, 1.807) is 24.3 Å². The number of methoxy groups -OCH3 is 1. The Morgan fingerprint density at radius 2 is 2.04 bits per heavy atom. The molecule has 7 nitrogen and oxygen atoms in total. The maximum Gasteiger partial charge on any atom is 0.272 e. The summed E-state index contributed by atoms with van der Waals surface area (Å²) in [7, 11) is 1.53. The second-order valence-electron chi connectivity index (χ2n) is 5.20. The molecule has 1 heterocycles. The first-order chi connectivity index (χ1) is 11.5. The van der Waals surface area contributed by atoms with Gasteiger partial charge in [-0.1, -0.05) is 12.1 Å². The van der Waals surface area contributed by atoms with Crippen molar-refractivity contribution in [3.63, 3.8) is 0 Å². The molecule has 24 heavy (non-hydrogen) atoms. The highest BCUT2D eigenvalue weighted by molar-refractivity contribution is 5.92. The average Bonchev–Trinajstić information content (AvgIpc) is 2.61. The van der Waals surface area contributed by atoms with E-state index in [0.717, 1.165) is 5.56 Å². The average molecular weight is 326 g/mol. The topological polar surface area (TPSA) is 97.0 Å². The van der Waals surface area contributed by atoms with Crippen LogP contribution >= 0.6 is 0 Å². The first-order valence-electron chi connectivity index (χ1n) is 7.43. The number of nitrogens with zero attached hydrogens (tertiary/aromatic N) is 3. The molecule has 1 atom stereocenters. The third-order valence-corrected chi connectivity index (χ3v) is 3.49. The fraction of sp³-hybridized carbons (Fsp3) is 0.294. The molecule has 0 saturated carbocycles. The molecule has 0 aliphatic heterocycles. The van der Waals surface area contributed by atoms with E-state index in [0.29, 0.717) is 12.2 Å². The zero-order valence-corrected chi connectivity index (χ0v) is 13.5. The van der Waals surface area contributed by atoms with Gasteiger partial charge in [0.05, 0.1) is 30.8 Å². The lowest BCUT2D eigenvalue weighted by molar-refractivity contribution is 0.0931. The van der Waals surface area contributed by atoms with E-state index in [2.05, 4.69) is 10.4 Å². The molecular formula is C17H18N4O3. The van der Waals surface area contributed by atoms with Crippen LogP contribution in [0.3, 0.4) is 0 Å². The summed E-state index contributed by atoms with van der Waals surface area (Å²) in [6, 6.07) is 11.5. The van der Waals surface area contributed by atoms with Crippen molar-refractivity contribution in [1.29, 1.82) is 5.26 Å². The van der Waals surface area contributed by atoms with Crippen LogP contribution in [-0.4, -0.2) is 29.4 Å². The molecule has 2 rings (SSSR count). The van der Waals surface area contributed by atoms with Crippen LogP contribution in [0.5, 0.6) is 0 Å². The Morgan fingerprint density at radius 3 is 2.67 bits per heavy atom. The Labute approximate surface area is 139 Å². The number of aromatic nitrogens is 2. The van der Waals surface area contributed by atoms with Crippen molar-refractivity contribution in [1.82, 2.24) is 15.1 Å². The number of rotatable bonds is 6. The summed E-state index contributed by atoms with van der Waals surface area (Å²) in [5.74, 6) is -0.377. The van der Waals surface area contributed by atoms with Gasteiger partial charge >= 0.3 is 0 Å². The van der Waals surface area contributed by atoms with Crippen LogP contribution in [0.1, 0.15) is 34.6 Å². The van der Waals surface area contributed by atoms with Crippen molar-refractivity contribution >= 4 is 5.91 Å². The summed E-state index contributed by atoms with van der Waals surface area (Å²) in [5, 5.41) is 15.7. The maximum atomic E-state index is 12.3. The summed E-state index contributed by atoms with van der Waals surface area (Å²) in [4.78, 5) is 24.0. The first-order valence-corrected chi connectivity index (χ1v) is 7.43. The van der Waals surface area contributed by atoms with Gasteiger partial charge < -0.3 is 10.1 Å². The number of nitrogens with one attached hydrogen (secondary N) is 1.